The van der Waals surface area contributed by atoms with E-state index in [0.717, 1.165) is 77.3 Å². The van der Waals surface area contributed by atoms with Gasteiger partial charge in [-0.2, -0.15) is 0 Å². The third-order valence-electron chi connectivity index (χ3n) is 10.7. The number of primary amides is 1. The first kappa shape index (κ1) is 26.9. The Hall–Kier alpha value is -1.67. The molecule has 0 radical (unpaired) electrons. The average molecular weight is 515 g/mol. The molecule has 0 aromatic heterocycles. The lowest BCUT2D eigenvalue weighted by molar-refractivity contribution is -0.127. The molecule has 2 saturated heterocycles. The van der Waals surface area contributed by atoms with Crippen LogP contribution in [0.15, 0.2) is 0 Å². The number of nitrogens with zero attached hydrogens (tertiary/aromatic N) is 1. The SMILES string of the molecule is N=C(N)C1CCC2CC(C(=O)NC3CCCC(C4CCCCN4)C3)N(CC3CCC(C(N)=O)CC3)C2C1. The smallest absolute Gasteiger partial charge is 0.237 e. The Kier molecular flexibility index (Phi) is 8.74. The number of amides is 2. The van der Waals surface area contributed by atoms with Gasteiger partial charge in [-0.25, -0.2) is 0 Å². The number of piperidine rings is 1. The summed E-state index contributed by atoms with van der Waals surface area (Å²) in [6.07, 6.45) is 16.2. The lowest BCUT2D eigenvalue weighted by Crippen LogP contribution is -2.53. The van der Waals surface area contributed by atoms with E-state index in [1.54, 1.807) is 0 Å². The molecule has 208 valence electrons. The van der Waals surface area contributed by atoms with Crippen molar-refractivity contribution < 1.29 is 9.59 Å². The van der Waals surface area contributed by atoms with Gasteiger partial charge in [0.15, 0.2) is 0 Å². The molecule has 8 nitrogen and oxygen atoms in total. The fourth-order valence-corrected chi connectivity index (χ4v) is 8.58. The maximum atomic E-state index is 13.9. The quantitative estimate of drug-likeness (QED) is 0.263. The maximum Gasteiger partial charge on any atom is 0.237 e. The first-order valence-corrected chi connectivity index (χ1v) is 15.3. The lowest BCUT2D eigenvalue weighted by atomic mass is 9.77. The summed E-state index contributed by atoms with van der Waals surface area (Å²) < 4.78 is 0. The van der Waals surface area contributed by atoms with Gasteiger partial charge in [-0.15, -0.1) is 0 Å². The maximum absolute atomic E-state index is 13.9. The second kappa shape index (κ2) is 12.0. The Morgan fingerprint density at radius 3 is 2.32 bits per heavy atom. The van der Waals surface area contributed by atoms with Crippen molar-refractivity contribution in [2.24, 2.45) is 41.1 Å². The van der Waals surface area contributed by atoms with E-state index >= 15 is 0 Å². The van der Waals surface area contributed by atoms with E-state index in [-0.39, 0.29) is 35.7 Å². The third-order valence-corrected chi connectivity index (χ3v) is 10.7. The summed E-state index contributed by atoms with van der Waals surface area (Å²) in [5, 5.41) is 15.3. The van der Waals surface area contributed by atoms with E-state index in [0.29, 0.717) is 35.7 Å². The molecule has 37 heavy (non-hydrogen) atoms. The first-order valence-electron chi connectivity index (χ1n) is 15.3. The Bertz CT molecular complexity index is 821. The van der Waals surface area contributed by atoms with Crippen LogP contribution >= 0.6 is 0 Å². The topological polar surface area (TPSA) is 137 Å². The summed E-state index contributed by atoms with van der Waals surface area (Å²) in [7, 11) is 0. The minimum Gasteiger partial charge on any atom is -0.387 e. The number of hydrogen-bond acceptors (Lipinski definition) is 5. The molecule has 7 unspecified atom stereocenters. The number of hydrogen-bond donors (Lipinski definition) is 5. The van der Waals surface area contributed by atoms with Gasteiger partial charge < -0.3 is 22.1 Å². The summed E-state index contributed by atoms with van der Waals surface area (Å²) >= 11 is 0. The Balaban J connectivity index is 1.24. The molecular formula is C29H50N6O2. The van der Waals surface area contributed by atoms with Gasteiger partial charge in [-0.1, -0.05) is 12.8 Å². The number of carbonyl (C=O) groups excluding carboxylic acids is 2. The predicted molar refractivity (Wildman–Crippen MR) is 146 cm³/mol. The van der Waals surface area contributed by atoms with Crippen molar-refractivity contribution in [1.82, 2.24) is 15.5 Å². The molecule has 0 aromatic rings. The molecule has 2 amide bonds. The molecule has 5 rings (SSSR count). The van der Waals surface area contributed by atoms with E-state index < -0.39 is 0 Å². The second-order valence-corrected chi connectivity index (χ2v) is 13.0. The summed E-state index contributed by atoms with van der Waals surface area (Å²) in [5.74, 6) is 2.20. The fourth-order valence-electron chi connectivity index (χ4n) is 8.58. The van der Waals surface area contributed by atoms with Gasteiger partial charge in [0, 0.05) is 36.5 Å². The molecule has 0 bridgehead atoms. The number of nitrogens with one attached hydrogen (secondary N) is 3. The van der Waals surface area contributed by atoms with Crippen molar-refractivity contribution in [3.8, 4) is 0 Å². The van der Waals surface area contributed by atoms with E-state index in [9.17, 15) is 9.59 Å². The minimum atomic E-state index is -0.164. The Morgan fingerprint density at radius 1 is 0.838 bits per heavy atom. The molecule has 0 spiro atoms. The molecule has 2 heterocycles. The molecule has 2 aliphatic heterocycles. The van der Waals surface area contributed by atoms with Gasteiger partial charge in [-0.3, -0.25) is 19.9 Å². The number of fused-ring (bicyclic) bond motifs is 1. The number of rotatable bonds is 7. The second-order valence-electron chi connectivity index (χ2n) is 13.0. The highest BCUT2D eigenvalue weighted by Gasteiger charge is 2.48. The van der Waals surface area contributed by atoms with Gasteiger partial charge in [-0.05, 0) is 108 Å². The van der Waals surface area contributed by atoms with Crippen LogP contribution in [0.4, 0.5) is 0 Å². The average Bonchev–Trinajstić information content (AvgIpc) is 3.27. The normalized spacial score (nSPS) is 41.0. The van der Waals surface area contributed by atoms with Crippen LogP contribution in [0, 0.1) is 35.0 Å². The van der Waals surface area contributed by atoms with Crippen molar-refractivity contribution in [3.05, 3.63) is 0 Å². The third kappa shape index (κ3) is 6.32. The zero-order valence-corrected chi connectivity index (χ0v) is 22.6. The Morgan fingerprint density at radius 2 is 1.62 bits per heavy atom. The Labute approximate surface area is 222 Å². The van der Waals surface area contributed by atoms with Crippen molar-refractivity contribution in [2.75, 3.05) is 13.1 Å². The van der Waals surface area contributed by atoms with Crippen molar-refractivity contribution in [3.63, 3.8) is 0 Å². The minimum absolute atomic E-state index is 0.0105. The van der Waals surface area contributed by atoms with Crippen LogP contribution < -0.4 is 22.1 Å². The van der Waals surface area contributed by atoms with E-state index in [2.05, 4.69) is 15.5 Å². The molecule has 3 aliphatic carbocycles. The summed E-state index contributed by atoms with van der Waals surface area (Å²) in [6, 6.07) is 1.16. The molecule has 7 atom stereocenters. The number of nitrogens with two attached hydrogens (primary N) is 2. The van der Waals surface area contributed by atoms with E-state index in [1.807, 2.05) is 0 Å². The largest absolute Gasteiger partial charge is 0.387 e. The van der Waals surface area contributed by atoms with Crippen LogP contribution in [0.2, 0.25) is 0 Å². The van der Waals surface area contributed by atoms with Gasteiger partial charge >= 0.3 is 0 Å². The highest BCUT2D eigenvalue weighted by molar-refractivity contribution is 5.83. The molecular weight excluding hydrogens is 464 g/mol. The lowest BCUT2D eigenvalue weighted by Gasteiger charge is -2.40. The highest BCUT2D eigenvalue weighted by Crippen LogP contribution is 2.43. The monoisotopic (exact) mass is 514 g/mol. The van der Waals surface area contributed by atoms with Gasteiger partial charge in [0.05, 0.1) is 11.9 Å². The van der Waals surface area contributed by atoms with Crippen molar-refractivity contribution >= 4 is 17.6 Å². The zero-order valence-electron chi connectivity index (χ0n) is 22.6. The van der Waals surface area contributed by atoms with Crippen LogP contribution in [-0.2, 0) is 9.59 Å². The van der Waals surface area contributed by atoms with E-state index in [4.69, 9.17) is 16.9 Å². The summed E-state index contributed by atoms with van der Waals surface area (Å²) in [4.78, 5) is 28.0. The highest BCUT2D eigenvalue weighted by atomic mass is 16.2. The van der Waals surface area contributed by atoms with Crippen molar-refractivity contribution in [1.29, 1.82) is 5.41 Å². The van der Waals surface area contributed by atoms with Crippen LogP contribution in [0.3, 0.4) is 0 Å². The molecule has 8 heteroatoms. The number of carbonyl (C=O) groups is 2. The molecule has 3 saturated carbocycles. The standard InChI is InChI=1S/C29H50N6O2/c30-27(31)22-12-11-21-15-26(35(25(21)16-22)17-18-7-9-19(10-8-18)28(32)36)29(37)34-23-5-3-4-20(14-23)24-6-1-2-13-33-24/h18-26,33H,1-17H2,(H3,30,31)(H2,32,36)(H,34,37). The van der Waals surface area contributed by atoms with Gasteiger partial charge in [0.25, 0.3) is 0 Å². The number of amidine groups is 1. The van der Waals surface area contributed by atoms with Crippen LogP contribution in [0.1, 0.15) is 96.3 Å². The number of likely N-dealkylation sites (tertiary alicyclic amines) is 1. The molecule has 5 fully saturated rings. The van der Waals surface area contributed by atoms with Crippen molar-refractivity contribution in [2.45, 2.75) is 120 Å². The predicted octanol–water partition coefficient (Wildman–Crippen LogP) is 2.89. The molecule has 0 aromatic carbocycles. The molecule has 7 N–H and O–H groups in total. The molecule has 5 aliphatic rings. The van der Waals surface area contributed by atoms with Crippen LogP contribution in [0.25, 0.3) is 0 Å². The first-order chi connectivity index (χ1) is 17.9. The van der Waals surface area contributed by atoms with Crippen LogP contribution in [-0.4, -0.2) is 59.8 Å². The van der Waals surface area contributed by atoms with E-state index in [1.165, 1.54) is 32.1 Å². The van der Waals surface area contributed by atoms with Gasteiger partial charge in [0.2, 0.25) is 11.8 Å². The van der Waals surface area contributed by atoms with Crippen LogP contribution in [0.5, 0.6) is 0 Å². The zero-order chi connectivity index (χ0) is 25.9. The summed E-state index contributed by atoms with van der Waals surface area (Å²) in [5.41, 5.74) is 11.5. The fraction of sp³-hybridized carbons (Fsp3) is 0.897. The summed E-state index contributed by atoms with van der Waals surface area (Å²) in [6.45, 7) is 2.05. The van der Waals surface area contributed by atoms with Gasteiger partial charge in [0.1, 0.15) is 0 Å².